The van der Waals surface area contributed by atoms with Crippen LogP contribution in [0.15, 0.2) is 18.3 Å². The lowest BCUT2D eigenvalue weighted by atomic mass is 10.1. The van der Waals surface area contributed by atoms with Gasteiger partial charge in [0.15, 0.2) is 5.82 Å². The lowest BCUT2D eigenvalue weighted by Crippen LogP contribution is -2.07. The van der Waals surface area contributed by atoms with Gasteiger partial charge in [0.1, 0.15) is 5.69 Å². The molecular formula is C16H19N3O2. The van der Waals surface area contributed by atoms with Crippen molar-refractivity contribution in [1.29, 1.82) is 0 Å². The molecule has 0 amide bonds. The summed E-state index contributed by atoms with van der Waals surface area (Å²) in [5, 5.41) is 8.81. The summed E-state index contributed by atoms with van der Waals surface area (Å²) in [5.41, 5.74) is 4.47. The lowest BCUT2D eigenvalue weighted by molar-refractivity contribution is -0.136. The number of carboxylic acids is 1. The predicted octanol–water partition coefficient (Wildman–Crippen LogP) is 2.74. The maximum atomic E-state index is 10.7. The third-order valence-corrected chi connectivity index (χ3v) is 3.49. The summed E-state index contributed by atoms with van der Waals surface area (Å²) < 4.78 is 0. The number of nitrogens with zero attached hydrogens (tertiary/aromatic N) is 3. The monoisotopic (exact) mass is 285 g/mol. The van der Waals surface area contributed by atoms with Crippen LogP contribution in [-0.4, -0.2) is 26.0 Å². The molecule has 5 heteroatoms. The van der Waals surface area contributed by atoms with Crippen molar-refractivity contribution in [2.75, 3.05) is 0 Å². The van der Waals surface area contributed by atoms with Gasteiger partial charge in [0.25, 0.3) is 0 Å². The van der Waals surface area contributed by atoms with E-state index >= 15 is 0 Å². The normalized spacial score (nSPS) is 10.6. The van der Waals surface area contributed by atoms with Crippen LogP contribution in [0, 0.1) is 13.8 Å². The summed E-state index contributed by atoms with van der Waals surface area (Å²) in [4.78, 5) is 24.2. The Kier molecular flexibility index (Phi) is 4.62. The molecule has 0 bridgehead atoms. The molecule has 0 unspecified atom stereocenters. The van der Waals surface area contributed by atoms with Gasteiger partial charge in [-0.2, -0.15) is 0 Å². The van der Waals surface area contributed by atoms with E-state index in [1.807, 2.05) is 26.0 Å². The van der Waals surface area contributed by atoms with Crippen LogP contribution >= 0.6 is 0 Å². The van der Waals surface area contributed by atoms with Crippen LogP contribution in [0.3, 0.4) is 0 Å². The molecule has 5 nitrogen and oxygen atoms in total. The van der Waals surface area contributed by atoms with Crippen molar-refractivity contribution in [1.82, 2.24) is 15.0 Å². The molecule has 0 radical (unpaired) electrons. The van der Waals surface area contributed by atoms with Crippen LogP contribution in [0.5, 0.6) is 0 Å². The molecule has 110 valence electrons. The molecule has 1 N–H and O–H groups in total. The SMILES string of the molecule is CCc1cccnc1-c1nc(C)c(CCC(=O)O)c(C)n1. The Morgan fingerprint density at radius 3 is 2.48 bits per heavy atom. The predicted molar refractivity (Wildman–Crippen MR) is 80.1 cm³/mol. The zero-order valence-electron chi connectivity index (χ0n) is 12.6. The number of hydrogen-bond donors (Lipinski definition) is 1. The molecule has 21 heavy (non-hydrogen) atoms. The molecule has 0 fully saturated rings. The molecule has 0 atom stereocenters. The third kappa shape index (κ3) is 3.42. The fraction of sp³-hybridized carbons (Fsp3) is 0.375. The van der Waals surface area contributed by atoms with Gasteiger partial charge in [-0.1, -0.05) is 13.0 Å². The topological polar surface area (TPSA) is 76.0 Å². The lowest BCUT2D eigenvalue weighted by Gasteiger charge is -2.11. The van der Waals surface area contributed by atoms with Crippen molar-refractivity contribution in [3.8, 4) is 11.5 Å². The van der Waals surface area contributed by atoms with Gasteiger partial charge in [-0.05, 0) is 43.9 Å². The number of rotatable bonds is 5. The maximum Gasteiger partial charge on any atom is 0.303 e. The van der Waals surface area contributed by atoms with Gasteiger partial charge in [-0.15, -0.1) is 0 Å². The van der Waals surface area contributed by atoms with Crippen LogP contribution in [0.4, 0.5) is 0 Å². The Morgan fingerprint density at radius 1 is 1.24 bits per heavy atom. The van der Waals surface area contributed by atoms with E-state index in [-0.39, 0.29) is 6.42 Å². The molecule has 2 aromatic rings. The molecule has 0 saturated carbocycles. The van der Waals surface area contributed by atoms with Gasteiger partial charge in [0, 0.05) is 24.0 Å². The number of pyridine rings is 1. The third-order valence-electron chi connectivity index (χ3n) is 3.49. The van der Waals surface area contributed by atoms with E-state index in [9.17, 15) is 4.79 Å². The van der Waals surface area contributed by atoms with E-state index in [0.29, 0.717) is 12.2 Å². The largest absolute Gasteiger partial charge is 0.481 e. The van der Waals surface area contributed by atoms with Gasteiger partial charge in [-0.25, -0.2) is 9.97 Å². The van der Waals surface area contributed by atoms with Crippen LogP contribution in [-0.2, 0) is 17.6 Å². The van der Waals surface area contributed by atoms with E-state index in [1.165, 1.54) is 0 Å². The van der Waals surface area contributed by atoms with E-state index in [2.05, 4.69) is 21.9 Å². The molecule has 2 heterocycles. The number of aliphatic carboxylic acids is 1. The Hall–Kier alpha value is -2.30. The fourth-order valence-electron chi connectivity index (χ4n) is 2.36. The minimum absolute atomic E-state index is 0.0915. The average molecular weight is 285 g/mol. The molecule has 0 spiro atoms. The summed E-state index contributed by atoms with van der Waals surface area (Å²) in [6, 6.07) is 3.93. The van der Waals surface area contributed by atoms with E-state index in [4.69, 9.17) is 5.11 Å². The van der Waals surface area contributed by atoms with Crippen molar-refractivity contribution in [3.05, 3.63) is 40.8 Å². The van der Waals surface area contributed by atoms with Crippen molar-refractivity contribution in [2.24, 2.45) is 0 Å². The van der Waals surface area contributed by atoms with Gasteiger partial charge in [0.2, 0.25) is 0 Å². The van der Waals surface area contributed by atoms with Crippen molar-refractivity contribution < 1.29 is 9.90 Å². The van der Waals surface area contributed by atoms with Crippen LogP contribution in [0.25, 0.3) is 11.5 Å². The molecule has 2 rings (SSSR count). The van der Waals surface area contributed by atoms with Crippen molar-refractivity contribution in [2.45, 2.75) is 40.0 Å². The smallest absolute Gasteiger partial charge is 0.303 e. The van der Waals surface area contributed by atoms with Gasteiger partial charge >= 0.3 is 5.97 Å². The number of aryl methyl sites for hydroxylation is 3. The number of carboxylic acid groups (broad SMARTS) is 1. The summed E-state index contributed by atoms with van der Waals surface area (Å²) in [7, 11) is 0. The van der Waals surface area contributed by atoms with Gasteiger partial charge < -0.3 is 5.11 Å². The zero-order chi connectivity index (χ0) is 15.4. The number of hydrogen-bond acceptors (Lipinski definition) is 4. The Balaban J connectivity index is 2.42. The van der Waals surface area contributed by atoms with E-state index < -0.39 is 5.97 Å². The van der Waals surface area contributed by atoms with Gasteiger partial charge in [-0.3, -0.25) is 9.78 Å². The van der Waals surface area contributed by atoms with Crippen LogP contribution < -0.4 is 0 Å². The second-order valence-electron chi connectivity index (χ2n) is 4.96. The molecule has 0 saturated heterocycles. The quantitative estimate of drug-likeness (QED) is 0.914. The Bertz CT molecular complexity index is 645. The Labute approximate surface area is 124 Å². The molecule has 0 aromatic carbocycles. The minimum atomic E-state index is -0.809. The Morgan fingerprint density at radius 2 is 1.90 bits per heavy atom. The number of aromatic nitrogens is 3. The first-order valence-electron chi connectivity index (χ1n) is 7.03. The first kappa shape index (κ1) is 15.1. The highest BCUT2D eigenvalue weighted by molar-refractivity contribution is 5.67. The summed E-state index contributed by atoms with van der Waals surface area (Å²) in [5.74, 6) is -0.197. The van der Waals surface area contributed by atoms with E-state index in [1.54, 1.807) is 6.20 Å². The number of carbonyl (C=O) groups is 1. The standard InChI is InChI=1S/C16H19N3O2/c1-4-12-6-5-9-17-15(12)16-18-10(2)13(11(3)19-16)7-8-14(20)21/h5-6,9H,4,7-8H2,1-3H3,(H,20,21). The summed E-state index contributed by atoms with van der Waals surface area (Å²) in [6.07, 6.45) is 3.15. The fourth-order valence-corrected chi connectivity index (χ4v) is 2.36. The summed E-state index contributed by atoms with van der Waals surface area (Å²) in [6.45, 7) is 5.86. The van der Waals surface area contributed by atoms with Crippen molar-refractivity contribution >= 4 is 5.97 Å². The molecular weight excluding hydrogens is 266 g/mol. The summed E-state index contributed by atoms with van der Waals surface area (Å²) >= 11 is 0. The molecule has 0 aliphatic carbocycles. The van der Waals surface area contributed by atoms with Crippen LogP contribution in [0.2, 0.25) is 0 Å². The highest BCUT2D eigenvalue weighted by Gasteiger charge is 2.13. The highest BCUT2D eigenvalue weighted by Crippen LogP contribution is 2.21. The van der Waals surface area contributed by atoms with Crippen LogP contribution in [0.1, 0.15) is 35.9 Å². The van der Waals surface area contributed by atoms with E-state index in [0.717, 1.165) is 34.6 Å². The average Bonchev–Trinajstić information content (AvgIpc) is 2.45. The maximum absolute atomic E-state index is 10.7. The van der Waals surface area contributed by atoms with Gasteiger partial charge in [0.05, 0.1) is 0 Å². The first-order valence-corrected chi connectivity index (χ1v) is 7.03. The molecule has 0 aliphatic heterocycles. The first-order chi connectivity index (χ1) is 10.0. The minimum Gasteiger partial charge on any atom is -0.481 e. The second kappa shape index (κ2) is 6.43. The highest BCUT2D eigenvalue weighted by atomic mass is 16.4. The molecule has 2 aromatic heterocycles. The zero-order valence-corrected chi connectivity index (χ0v) is 12.6. The second-order valence-corrected chi connectivity index (χ2v) is 4.96. The molecule has 0 aliphatic rings. The van der Waals surface area contributed by atoms with Crippen molar-refractivity contribution in [3.63, 3.8) is 0 Å².